The third-order valence-corrected chi connectivity index (χ3v) is 4.46. The molecule has 122 valence electrons. The van der Waals surface area contributed by atoms with Gasteiger partial charge in [-0.15, -0.1) is 0 Å². The van der Waals surface area contributed by atoms with E-state index < -0.39 is 15.9 Å². The van der Waals surface area contributed by atoms with Crippen LogP contribution < -0.4 is 15.2 Å². The number of halogens is 2. The standard InChI is InChI=1S/C14H12Cl2N2O4S/c15-9-5-10(16)7-11(6-9)18-23(20,21)13-3-1-12(2-4-13)22-8-14(17)19/h1-7,18H,8H2,(H2,17,19). The molecular formula is C14H12Cl2N2O4S. The summed E-state index contributed by atoms with van der Waals surface area (Å²) in [4.78, 5) is 10.6. The topological polar surface area (TPSA) is 98.5 Å². The van der Waals surface area contributed by atoms with E-state index in [4.69, 9.17) is 33.7 Å². The van der Waals surface area contributed by atoms with Crippen LogP contribution in [0.25, 0.3) is 0 Å². The minimum atomic E-state index is -3.81. The summed E-state index contributed by atoms with van der Waals surface area (Å²) in [5.41, 5.74) is 5.21. The molecule has 9 heteroatoms. The Hall–Kier alpha value is -1.96. The molecule has 0 atom stereocenters. The molecule has 23 heavy (non-hydrogen) atoms. The number of hydrogen-bond donors (Lipinski definition) is 2. The summed E-state index contributed by atoms with van der Waals surface area (Å²) in [6, 6.07) is 9.89. The molecule has 0 fully saturated rings. The van der Waals surface area contributed by atoms with Gasteiger partial charge in [-0.3, -0.25) is 9.52 Å². The molecule has 0 saturated carbocycles. The van der Waals surface area contributed by atoms with Crippen molar-refractivity contribution in [2.24, 2.45) is 5.73 Å². The van der Waals surface area contributed by atoms with Crippen molar-refractivity contribution >= 4 is 44.8 Å². The third-order valence-electron chi connectivity index (χ3n) is 2.63. The number of benzene rings is 2. The highest BCUT2D eigenvalue weighted by atomic mass is 35.5. The zero-order chi connectivity index (χ0) is 17.0. The normalized spacial score (nSPS) is 11.0. The van der Waals surface area contributed by atoms with Crippen molar-refractivity contribution in [3.63, 3.8) is 0 Å². The number of carbonyl (C=O) groups is 1. The summed E-state index contributed by atoms with van der Waals surface area (Å²) in [7, 11) is -3.81. The van der Waals surface area contributed by atoms with Gasteiger partial charge in [-0.05, 0) is 42.5 Å². The van der Waals surface area contributed by atoms with E-state index in [9.17, 15) is 13.2 Å². The van der Waals surface area contributed by atoms with Gasteiger partial charge in [-0.25, -0.2) is 8.42 Å². The van der Waals surface area contributed by atoms with Crippen molar-refractivity contribution in [3.8, 4) is 5.75 Å². The molecular weight excluding hydrogens is 363 g/mol. The summed E-state index contributed by atoms with van der Waals surface area (Å²) in [6.07, 6.45) is 0. The first-order valence-corrected chi connectivity index (χ1v) is 8.50. The largest absolute Gasteiger partial charge is 0.484 e. The Bertz CT molecular complexity index is 803. The maximum Gasteiger partial charge on any atom is 0.261 e. The van der Waals surface area contributed by atoms with Crippen LogP contribution in [-0.2, 0) is 14.8 Å². The third kappa shape index (κ3) is 5.02. The average molecular weight is 375 g/mol. The van der Waals surface area contributed by atoms with E-state index in [1.54, 1.807) is 0 Å². The van der Waals surface area contributed by atoms with Crippen LogP contribution in [0.5, 0.6) is 5.75 Å². The molecule has 0 spiro atoms. The van der Waals surface area contributed by atoms with E-state index in [1.807, 2.05) is 0 Å². The van der Waals surface area contributed by atoms with E-state index in [2.05, 4.69) is 4.72 Å². The first-order valence-electron chi connectivity index (χ1n) is 6.26. The van der Waals surface area contributed by atoms with Crippen LogP contribution in [0.2, 0.25) is 10.0 Å². The zero-order valence-electron chi connectivity index (χ0n) is 11.6. The van der Waals surface area contributed by atoms with Gasteiger partial charge >= 0.3 is 0 Å². The van der Waals surface area contributed by atoms with E-state index in [-0.39, 0.29) is 17.2 Å². The molecule has 6 nitrogen and oxygen atoms in total. The minimum absolute atomic E-state index is 0.0139. The van der Waals surface area contributed by atoms with Crippen molar-refractivity contribution < 1.29 is 17.9 Å². The van der Waals surface area contributed by atoms with E-state index >= 15 is 0 Å². The Morgan fingerprint density at radius 2 is 1.65 bits per heavy atom. The zero-order valence-corrected chi connectivity index (χ0v) is 14.0. The average Bonchev–Trinajstić information content (AvgIpc) is 2.44. The van der Waals surface area contributed by atoms with Crippen molar-refractivity contribution in [2.45, 2.75) is 4.90 Å². The van der Waals surface area contributed by atoms with Gasteiger partial charge < -0.3 is 10.5 Å². The first kappa shape index (κ1) is 17.4. The molecule has 0 unspecified atom stereocenters. The molecule has 0 aliphatic rings. The van der Waals surface area contributed by atoms with Gasteiger partial charge in [-0.1, -0.05) is 23.2 Å². The maximum atomic E-state index is 12.3. The van der Waals surface area contributed by atoms with E-state index in [0.29, 0.717) is 15.8 Å². The second-order valence-electron chi connectivity index (χ2n) is 4.49. The summed E-state index contributed by atoms with van der Waals surface area (Å²) in [5, 5.41) is 0.621. The molecule has 1 amide bonds. The highest BCUT2D eigenvalue weighted by Crippen LogP contribution is 2.25. The number of hydrogen-bond acceptors (Lipinski definition) is 4. The highest BCUT2D eigenvalue weighted by molar-refractivity contribution is 7.92. The Morgan fingerprint density at radius 3 is 2.17 bits per heavy atom. The predicted molar refractivity (Wildman–Crippen MR) is 88.4 cm³/mol. The number of amides is 1. The van der Waals surface area contributed by atoms with Gasteiger partial charge in [0.1, 0.15) is 5.75 Å². The summed E-state index contributed by atoms with van der Waals surface area (Å²) in [5.74, 6) is -0.297. The van der Waals surface area contributed by atoms with Gasteiger partial charge in [0.05, 0.1) is 10.6 Å². The quantitative estimate of drug-likeness (QED) is 0.811. The van der Waals surface area contributed by atoms with Gasteiger partial charge in [-0.2, -0.15) is 0 Å². The van der Waals surface area contributed by atoms with Crippen LogP contribution in [0.4, 0.5) is 5.69 Å². The lowest BCUT2D eigenvalue weighted by atomic mass is 10.3. The molecule has 0 aliphatic heterocycles. The fraction of sp³-hybridized carbons (Fsp3) is 0.0714. The number of rotatable bonds is 6. The van der Waals surface area contributed by atoms with Crippen LogP contribution in [0.3, 0.4) is 0 Å². The maximum absolute atomic E-state index is 12.3. The minimum Gasteiger partial charge on any atom is -0.484 e. The van der Waals surface area contributed by atoms with Crippen LogP contribution in [-0.4, -0.2) is 20.9 Å². The molecule has 3 N–H and O–H groups in total. The van der Waals surface area contributed by atoms with Crippen molar-refractivity contribution in [2.75, 3.05) is 11.3 Å². The monoisotopic (exact) mass is 374 g/mol. The Labute approximate surface area is 143 Å². The summed E-state index contributed by atoms with van der Waals surface area (Å²) < 4.78 is 32.0. The number of primary amides is 1. The van der Waals surface area contributed by atoms with Crippen molar-refractivity contribution in [1.29, 1.82) is 0 Å². The van der Waals surface area contributed by atoms with Gasteiger partial charge in [0.15, 0.2) is 6.61 Å². The Kier molecular flexibility index (Phi) is 5.35. The van der Waals surface area contributed by atoms with Gasteiger partial charge in [0.2, 0.25) is 0 Å². The number of nitrogens with one attached hydrogen (secondary N) is 1. The molecule has 0 heterocycles. The van der Waals surface area contributed by atoms with Gasteiger partial charge in [0.25, 0.3) is 15.9 Å². The molecule has 2 aromatic carbocycles. The van der Waals surface area contributed by atoms with Crippen LogP contribution in [0, 0.1) is 0 Å². The number of nitrogens with two attached hydrogens (primary N) is 1. The number of sulfonamides is 1. The Balaban J connectivity index is 2.17. The molecule has 2 aromatic rings. The lowest BCUT2D eigenvalue weighted by Crippen LogP contribution is -2.20. The fourth-order valence-electron chi connectivity index (χ4n) is 1.70. The molecule has 0 bridgehead atoms. The molecule has 2 rings (SSSR count). The molecule has 0 aromatic heterocycles. The number of carbonyl (C=O) groups excluding carboxylic acids is 1. The second kappa shape index (κ2) is 7.08. The smallest absolute Gasteiger partial charge is 0.261 e. The number of ether oxygens (including phenoxy) is 1. The summed E-state index contributed by atoms with van der Waals surface area (Å²) in [6.45, 7) is -0.286. The molecule has 0 aliphatic carbocycles. The second-order valence-corrected chi connectivity index (χ2v) is 7.05. The SMILES string of the molecule is NC(=O)COc1ccc(S(=O)(=O)Nc2cc(Cl)cc(Cl)c2)cc1. The predicted octanol–water partition coefficient (Wildman–Crippen LogP) is 2.66. The molecule has 0 radical (unpaired) electrons. The Morgan fingerprint density at radius 1 is 1.09 bits per heavy atom. The van der Waals surface area contributed by atoms with Crippen molar-refractivity contribution in [1.82, 2.24) is 0 Å². The lowest BCUT2D eigenvalue weighted by Gasteiger charge is -2.10. The van der Waals surface area contributed by atoms with Crippen LogP contribution in [0.15, 0.2) is 47.4 Å². The highest BCUT2D eigenvalue weighted by Gasteiger charge is 2.15. The lowest BCUT2D eigenvalue weighted by molar-refractivity contribution is -0.119. The van der Waals surface area contributed by atoms with Gasteiger partial charge in [0, 0.05) is 10.0 Å². The fourth-order valence-corrected chi connectivity index (χ4v) is 3.26. The first-order chi connectivity index (χ1) is 10.8. The van der Waals surface area contributed by atoms with Crippen molar-refractivity contribution in [3.05, 3.63) is 52.5 Å². The van der Waals surface area contributed by atoms with Crippen LogP contribution >= 0.6 is 23.2 Å². The number of anilines is 1. The van der Waals surface area contributed by atoms with E-state index in [0.717, 1.165) is 0 Å². The molecule has 0 saturated heterocycles. The van der Waals surface area contributed by atoms with E-state index in [1.165, 1.54) is 42.5 Å². The summed E-state index contributed by atoms with van der Waals surface area (Å²) >= 11 is 11.7. The van der Waals surface area contributed by atoms with Crippen LogP contribution in [0.1, 0.15) is 0 Å².